The van der Waals surface area contributed by atoms with Crippen molar-refractivity contribution in [2.24, 2.45) is 0 Å². The van der Waals surface area contributed by atoms with E-state index in [2.05, 4.69) is 20.8 Å². The van der Waals surface area contributed by atoms with E-state index in [0.717, 1.165) is 16.7 Å². The Morgan fingerprint density at radius 1 is 1.33 bits per heavy atom. The Hall–Kier alpha value is -2.35. The van der Waals surface area contributed by atoms with Crippen LogP contribution >= 0.6 is 11.8 Å². The third-order valence-electron chi connectivity index (χ3n) is 3.53. The lowest BCUT2D eigenvalue weighted by atomic mass is 10.2. The van der Waals surface area contributed by atoms with Crippen molar-refractivity contribution in [3.63, 3.8) is 0 Å². The maximum absolute atomic E-state index is 12.2. The van der Waals surface area contributed by atoms with Crippen LogP contribution in [0.3, 0.4) is 0 Å². The fraction of sp³-hybridized carbons (Fsp3) is 0.375. The van der Waals surface area contributed by atoms with Crippen molar-refractivity contribution in [2.45, 2.75) is 38.0 Å². The van der Waals surface area contributed by atoms with Gasteiger partial charge < -0.3 is 9.73 Å². The first kappa shape index (κ1) is 16.5. The molecule has 7 nitrogen and oxygen atoms in total. The Morgan fingerprint density at radius 3 is 2.88 bits per heavy atom. The zero-order valence-electron chi connectivity index (χ0n) is 13.8. The van der Waals surface area contributed by atoms with Gasteiger partial charge in [-0.15, -0.1) is 5.10 Å². The van der Waals surface area contributed by atoms with Gasteiger partial charge in [-0.25, -0.2) is 4.68 Å². The Bertz CT molecular complexity index is 809. The average molecular weight is 345 g/mol. The van der Waals surface area contributed by atoms with Crippen LogP contribution in [0.15, 0.2) is 39.9 Å². The van der Waals surface area contributed by atoms with Gasteiger partial charge in [-0.2, -0.15) is 0 Å². The van der Waals surface area contributed by atoms with Gasteiger partial charge in [-0.3, -0.25) is 4.79 Å². The molecule has 0 fully saturated rings. The lowest BCUT2D eigenvalue weighted by Gasteiger charge is -2.11. The van der Waals surface area contributed by atoms with Gasteiger partial charge in [0.25, 0.3) is 0 Å². The molecule has 126 valence electrons. The molecule has 2 heterocycles. The van der Waals surface area contributed by atoms with Crippen LogP contribution in [0.25, 0.3) is 11.0 Å². The molecule has 8 heteroatoms. The maximum atomic E-state index is 12.2. The first-order chi connectivity index (χ1) is 11.5. The summed E-state index contributed by atoms with van der Waals surface area (Å²) >= 11 is 1.32. The van der Waals surface area contributed by atoms with Crippen LogP contribution in [0.2, 0.25) is 0 Å². The van der Waals surface area contributed by atoms with Crippen LogP contribution in [-0.2, 0) is 4.79 Å². The van der Waals surface area contributed by atoms with E-state index in [4.69, 9.17) is 4.42 Å². The van der Waals surface area contributed by atoms with Crippen LogP contribution in [-0.4, -0.2) is 31.9 Å². The zero-order valence-corrected chi connectivity index (χ0v) is 14.6. The number of aromatic nitrogens is 4. The number of furan rings is 1. The Kier molecular flexibility index (Phi) is 4.84. The minimum atomic E-state index is -0.202. The number of nitrogens with one attached hydrogen (secondary N) is 1. The van der Waals surface area contributed by atoms with Gasteiger partial charge in [-0.05, 0) is 43.3 Å². The first-order valence-corrected chi connectivity index (χ1v) is 8.71. The van der Waals surface area contributed by atoms with Crippen molar-refractivity contribution >= 4 is 28.6 Å². The number of para-hydroxylation sites is 1. The third kappa shape index (κ3) is 3.59. The van der Waals surface area contributed by atoms with Crippen molar-refractivity contribution < 1.29 is 9.21 Å². The highest BCUT2D eigenvalue weighted by molar-refractivity contribution is 7.99. The highest BCUT2D eigenvalue weighted by Gasteiger charge is 2.16. The second kappa shape index (κ2) is 7.04. The van der Waals surface area contributed by atoms with E-state index in [1.807, 2.05) is 51.1 Å². The van der Waals surface area contributed by atoms with Crippen molar-refractivity contribution in [1.82, 2.24) is 25.5 Å². The predicted molar refractivity (Wildman–Crippen MR) is 91.7 cm³/mol. The number of hydrogen-bond donors (Lipinski definition) is 1. The van der Waals surface area contributed by atoms with Crippen LogP contribution in [0.1, 0.15) is 38.6 Å². The second-order valence-corrected chi connectivity index (χ2v) is 6.71. The number of carbonyl (C=O) groups excluding carboxylic acids is 1. The Labute approximate surface area is 143 Å². The molecule has 1 N–H and O–H groups in total. The van der Waals surface area contributed by atoms with E-state index in [1.165, 1.54) is 11.8 Å². The molecule has 0 aliphatic carbocycles. The quantitative estimate of drug-likeness (QED) is 0.691. The molecule has 24 heavy (non-hydrogen) atoms. The van der Waals surface area contributed by atoms with E-state index in [0.29, 0.717) is 5.16 Å². The summed E-state index contributed by atoms with van der Waals surface area (Å²) < 4.78 is 7.47. The van der Waals surface area contributed by atoms with Crippen molar-refractivity contribution in [2.75, 3.05) is 5.75 Å². The molecule has 0 bridgehead atoms. The minimum absolute atomic E-state index is 0.0914. The van der Waals surface area contributed by atoms with Crippen LogP contribution in [0.4, 0.5) is 0 Å². The predicted octanol–water partition coefficient (Wildman–Crippen LogP) is 2.97. The molecule has 3 aromatic rings. The fourth-order valence-electron chi connectivity index (χ4n) is 2.30. The average Bonchev–Trinajstić information content (AvgIpc) is 3.19. The van der Waals surface area contributed by atoms with Gasteiger partial charge in [-0.1, -0.05) is 30.0 Å². The molecule has 0 radical (unpaired) electrons. The van der Waals surface area contributed by atoms with Crippen LogP contribution in [0, 0.1) is 0 Å². The van der Waals surface area contributed by atoms with E-state index >= 15 is 0 Å². The molecule has 0 spiro atoms. The highest BCUT2D eigenvalue weighted by atomic mass is 32.2. The Morgan fingerprint density at radius 2 is 2.12 bits per heavy atom. The molecular weight excluding hydrogens is 326 g/mol. The molecular formula is C16H19N5O2S. The number of tetrazole rings is 1. The Balaban J connectivity index is 1.59. The van der Waals surface area contributed by atoms with Crippen molar-refractivity contribution in [3.05, 3.63) is 36.1 Å². The van der Waals surface area contributed by atoms with Gasteiger partial charge in [0.1, 0.15) is 11.3 Å². The zero-order chi connectivity index (χ0) is 17.1. The number of nitrogens with zero attached hydrogens (tertiary/aromatic N) is 4. The molecule has 1 atom stereocenters. The van der Waals surface area contributed by atoms with E-state index in [1.54, 1.807) is 4.68 Å². The van der Waals surface area contributed by atoms with Crippen LogP contribution < -0.4 is 5.32 Å². The van der Waals surface area contributed by atoms with E-state index in [-0.39, 0.29) is 23.7 Å². The molecule has 0 unspecified atom stereocenters. The molecule has 0 aliphatic rings. The lowest BCUT2D eigenvalue weighted by Crippen LogP contribution is -2.28. The number of fused-ring (bicyclic) bond motifs is 1. The summed E-state index contributed by atoms with van der Waals surface area (Å²) in [5.74, 6) is 0.894. The smallest absolute Gasteiger partial charge is 0.231 e. The summed E-state index contributed by atoms with van der Waals surface area (Å²) in [6.07, 6.45) is 0. The van der Waals surface area contributed by atoms with Gasteiger partial charge in [0, 0.05) is 5.39 Å². The van der Waals surface area contributed by atoms with Gasteiger partial charge >= 0.3 is 0 Å². The number of benzene rings is 1. The molecule has 0 saturated heterocycles. The lowest BCUT2D eigenvalue weighted by molar-refractivity contribution is -0.119. The topological polar surface area (TPSA) is 85.8 Å². The molecule has 3 rings (SSSR count). The highest BCUT2D eigenvalue weighted by Crippen LogP contribution is 2.24. The van der Waals surface area contributed by atoms with Gasteiger partial charge in [0.2, 0.25) is 11.1 Å². The molecule has 2 aromatic heterocycles. The summed E-state index contributed by atoms with van der Waals surface area (Å²) in [4.78, 5) is 12.2. The standard InChI is InChI=1S/C16H19N5O2S/c1-10(2)21-16(18-19-20-21)24-9-15(22)17-11(3)14-8-12-6-4-5-7-13(12)23-14/h4-8,10-11H,9H2,1-3H3,(H,17,22)/t11-/m0/s1. The summed E-state index contributed by atoms with van der Waals surface area (Å²) in [6, 6.07) is 9.68. The summed E-state index contributed by atoms with van der Waals surface area (Å²) in [6.45, 7) is 5.88. The molecule has 0 aliphatic heterocycles. The van der Waals surface area contributed by atoms with Crippen molar-refractivity contribution in [3.8, 4) is 0 Å². The number of hydrogen-bond acceptors (Lipinski definition) is 6. The van der Waals surface area contributed by atoms with E-state index in [9.17, 15) is 4.79 Å². The summed E-state index contributed by atoms with van der Waals surface area (Å²) in [5, 5.41) is 16.1. The molecule has 1 amide bonds. The first-order valence-electron chi connectivity index (χ1n) is 7.73. The summed E-state index contributed by atoms with van der Waals surface area (Å²) in [5.41, 5.74) is 0.819. The number of thioether (sulfide) groups is 1. The number of amides is 1. The number of carbonyl (C=O) groups is 1. The third-order valence-corrected chi connectivity index (χ3v) is 4.47. The monoisotopic (exact) mass is 345 g/mol. The van der Waals surface area contributed by atoms with E-state index < -0.39 is 0 Å². The number of rotatable bonds is 6. The molecule has 0 saturated carbocycles. The summed E-state index contributed by atoms with van der Waals surface area (Å²) in [7, 11) is 0. The fourth-order valence-corrected chi connectivity index (χ4v) is 3.12. The maximum Gasteiger partial charge on any atom is 0.231 e. The second-order valence-electron chi connectivity index (χ2n) is 5.76. The molecule has 1 aromatic carbocycles. The van der Waals surface area contributed by atoms with Crippen LogP contribution in [0.5, 0.6) is 0 Å². The normalized spacial score (nSPS) is 12.7. The van der Waals surface area contributed by atoms with Crippen molar-refractivity contribution in [1.29, 1.82) is 0 Å². The largest absolute Gasteiger partial charge is 0.459 e. The minimum Gasteiger partial charge on any atom is -0.459 e. The van der Waals surface area contributed by atoms with Gasteiger partial charge in [0.05, 0.1) is 17.8 Å². The SMILES string of the molecule is CC(C)n1nnnc1SCC(=O)N[C@@H](C)c1cc2ccccc2o1. The van der Waals surface area contributed by atoms with Gasteiger partial charge in [0.15, 0.2) is 0 Å².